The summed E-state index contributed by atoms with van der Waals surface area (Å²) in [6.07, 6.45) is 0. The predicted octanol–water partition coefficient (Wildman–Crippen LogP) is 2.33. The number of carbonyl (C=O) groups is 2. The van der Waals surface area contributed by atoms with Gasteiger partial charge in [0.1, 0.15) is 11.8 Å². The van der Waals surface area contributed by atoms with Crippen molar-refractivity contribution in [3.05, 3.63) is 48.0 Å². The zero-order chi connectivity index (χ0) is 25.7. The van der Waals surface area contributed by atoms with Gasteiger partial charge in [0, 0.05) is 37.9 Å². The van der Waals surface area contributed by atoms with Crippen molar-refractivity contribution in [1.82, 2.24) is 10.2 Å². The summed E-state index contributed by atoms with van der Waals surface area (Å²) in [7, 11) is 1.65. The highest BCUT2D eigenvalue weighted by Crippen LogP contribution is 2.36. The summed E-state index contributed by atoms with van der Waals surface area (Å²) in [5.74, 6) is -0.792. The van der Waals surface area contributed by atoms with Crippen LogP contribution in [0.4, 0.5) is 5.69 Å². The number of methoxy groups -OCH3 is 1. The van der Waals surface area contributed by atoms with Gasteiger partial charge in [-0.05, 0) is 43.7 Å². The molecule has 0 radical (unpaired) electrons. The molecular weight excluding hydrogens is 464 g/mol. The SMILES string of the molecule is CCOC(=O)[C@@H]1C(=O)NC(N2CCN(c3cccc(OC)c3)CC2)=N[C@@H]1c1ccc(O)c(OCC)c1. The average molecular weight is 497 g/mol. The van der Waals surface area contributed by atoms with Crippen molar-refractivity contribution in [3.8, 4) is 17.2 Å². The van der Waals surface area contributed by atoms with Gasteiger partial charge in [-0.15, -0.1) is 0 Å². The van der Waals surface area contributed by atoms with E-state index < -0.39 is 23.8 Å². The number of guanidine groups is 1. The molecule has 1 fully saturated rings. The Morgan fingerprint density at radius 2 is 1.83 bits per heavy atom. The summed E-state index contributed by atoms with van der Waals surface area (Å²) in [6.45, 7) is 6.72. The van der Waals surface area contributed by atoms with Crippen molar-refractivity contribution in [3.63, 3.8) is 0 Å². The Hall–Kier alpha value is -3.95. The Morgan fingerprint density at radius 3 is 2.53 bits per heavy atom. The quantitative estimate of drug-likeness (QED) is 0.444. The lowest BCUT2D eigenvalue weighted by Gasteiger charge is -2.39. The van der Waals surface area contributed by atoms with Crippen LogP contribution in [-0.4, -0.2) is 74.3 Å². The van der Waals surface area contributed by atoms with E-state index in [1.807, 2.05) is 36.1 Å². The number of hydrogen-bond donors (Lipinski definition) is 2. The van der Waals surface area contributed by atoms with Gasteiger partial charge in [0.05, 0.1) is 20.3 Å². The number of carbonyl (C=O) groups excluding carboxylic acids is 2. The predicted molar refractivity (Wildman–Crippen MR) is 134 cm³/mol. The van der Waals surface area contributed by atoms with Gasteiger partial charge in [-0.25, -0.2) is 4.99 Å². The van der Waals surface area contributed by atoms with Crippen LogP contribution in [0, 0.1) is 5.92 Å². The monoisotopic (exact) mass is 496 g/mol. The van der Waals surface area contributed by atoms with E-state index in [4.69, 9.17) is 19.2 Å². The number of piperazine rings is 1. The number of nitrogens with zero attached hydrogens (tertiary/aromatic N) is 3. The number of anilines is 1. The van der Waals surface area contributed by atoms with Crippen molar-refractivity contribution in [2.24, 2.45) is 10.9 Å². The van der Waals surface area contributed by atoms with Gasteiger partial charge >= 0.3 is 5.97 Å². The van der Waals surface area contributed by atoms with Crippen LogP contribution in [0.2, 0.25) is 0 Å². The van der Waals surface area contributed by atoms with Crippen LogP contribution in [0.1, 0.15) is 25.5 Å². The third kappa shape index (κ3) is 5.32. The maximum Gasteiger partial charge on any atom is 0.321 e. The minimum Gasteiger partial charge on any atom is -0.504 e. The molecule has 0 bridgehead atoms. The molecule has 36 heavy (non-hydrogen) atoms. The van der Waals surface area contributed by atoms with Gasteiger partial charge in [-0.3, -0.25) is 14.9 Å². The number of aromatic hydroxyl groups is 1. The summed E-state index contributed by atoms with van der Waals surface area (Å²) >= 11 is 0. The Bertz CT molecular complexity index is 1130. The first-order valence-corrected chi connectivity index (χ1v) is 12.1. The lowest BCUT2D eigenvalue weighted by atomic mass is 9.91. The van der Waals surface area contributed by atoms with Crippen LogP contribution >= 0.6 is 0 Å². The topological polar surface area (TPSA) is 113 Å². The first-order valence-electron chi connectivity index (χ1n) is 12.1. The first-order chi connectivity index (χ1) is 17.4. The molecule has 0 aliphatic carbocycles. The molecule has 2 aliphatic heterocycles. The molecule has 2 N–H and O–H groups in total. The average Bonchev–Trinajstić information content (AvgIpc) is 2.90. The molecular formula is C26H32N4O6. The first kappa shape index (κ1) is 25.2. The second-order valence-electron chi connectivity index (χ2n) is 8.45. The largest absolute Gasteiger partial charge is 0.504 e. The van der Waals surface area contributed by atoms with Gasteiger partial charge in [0.25, 0.3) is 0 Å². The van der Waals surface area contributed by atoms with Crippen LogP contribution in [0.5, 0.6) is 17.2 Å². The fourth-order valence-electron chi connectivity index (χ4n) is 4.43. The van der Waals surface area contributed by atoms with Gasteiger partial charge in [0.15, 0.2) is 17.4 Å². The second-order valence-corrected chi connectivity index (χ2v) is 8.45. The van der Waals surface area contributed by atoms with E-state index in [-0.39, 0.29) is 18.1 Å². The van der Waals surface area contributed by atoms with Crippen LogP contribution in [0.3, 0.4) is 0 Å². The minimum atomic E-state index is -1.15. The molecule has 0 aromatic heterocycles. The number of nitrogens with one attached hydrogen (secondary N) is 1. The number of hydrogen-bond acceptors (Lipinski definition) is 9. The van der Waals surface area contributed by atoms with E-state index in [0.717, 1.165) is 24.5 Å². The van der Waals surface area contributed by atoms with Gasteiger partial charge in [-0.1, -0.05) is 12.1 Å². The molecule has 192 valence electrons. The Balaban J connectivity index is 1.59. The van der Waals surface area contributed by atoms with Crippen molar-refractivity contribution >= 4 is 23.5 Å². The highest BCUT2D eigenvalue weighted by molar-refractivity contribution is 6.08. The third-order valence-corrected chi connectivity index (χ3v) is 6.26. The molecule has 2 aromatic carbocycles. The molecule has 0 spiro atoms. The lowest BCUT2D eigenvalue weighted by Crippen LogP contribution is -2.57. The Morgan fingerprint density at radius 1 is 1.08 bits per heavy atom. The van der Waals surface area contributed by atoms with E-state index >= 15 is 0 Å². The normalized spacial score (nSPS) is 19.9. The number of esters is 1. The van der Waals surface area contributed by atoms with Crippen LogP contribution in [-0.2, 0) is 14.3 Å². The van der Waals surface area contributed by atoms with Crippen LogP contribution < -0.4 is 19.7 Å². The lowest BCUT2D eigenvalue weighted by molar-refractivity contribution is -0.153. The Kier molecular flexibility index (Phi) is 7.82. The van der Waals surface area contributed by atoms with Gasteiger partial charge in [-0.2, -0.15) is 0 Å². The molecule has 2 aromatic rings. The standard InChI is InChI=1S/C26H32N4O6/c1-4-35-21-15-17(9-10-20(21)31)23-22(25(33)36-5-2)24(32)28-26(27-23)30-13-11-29(12-14-30)18-7-6-8-19(16-18)34-3/h6-10,15-16,22-23,31H,4-5,11-14H2,1-3H3,(H,27,28,32)/t22-,23+/m0/s1. The molecule has 1 amide bonds. The number of aliphatic imine (C=N–C) groups is 1. The van der Waals surface area contributed by atoms with Gasteiger partial charge < -0.3 is 29.1 Å². The van der Waals surface area contributed by atoms with Crippen molar-refractivity contribution < 1.29 is 28.9 Å². The second kappa shape index (κ2) is 11.2. The highest BCUT2D eigenvalue weighted by atomic mass is 16.5. The molecule has 10 nitrogen and oxygen atoms in total. The maximum atomic E-state index is 13.2. The number of ether oxygens (including phenoxy) is 3. The summed E-state index contributed by atoms with van der Waals surface area (Å²) < 4.78 is 16.0. The molecule has 1 saturated heterocycles. The zero-order valence-corrected chi connectivity index (χ0v) is 20.8. The Labute approximate surface area is 210 Å². The van der Waals surface area contributed by atoms with E-state index in [2.05, 4.69) is 10.2 Å². The molecule has 2 aliphatic rings. The number of benzene rings is 2. The van der Waals surface area contributed by atoms with Crippen LogP contribution in [0.25, 0.3) is 0 Å². The van der Waals surface area contributed by atoms with E-state index in [1.165, 1.54) is 6.07 Å². The summed E-state index contributed by atoms with van der Waals surface area (Å²) in [5, 5.41) is 12.9. The smallest absolute Gasteiger partial charge is 0.321 e. The number of phenolic OH excluding ortho intramolecular Hbond substituents is 1. The summed E-state index contributed by atoms with van der Waals surface area (Å²) in [5.41, 5.74) is 1.65. The summed E-state index contributed by atoms with van der Waals surface area (Å²) in [6, 6.07) is 11.8. The maximum absolute atomic E-state index is 13.2. The molecule has 4 rings (SSSR count). The molecule has 2 atom stereocenters. The number of rotatable bonds is 7. The van der Waals surface area contributed by atoms with Crippen LogP contribution in [0.15, 0.2) is 47.5 Å². The number of phenols is 1. The minimum absolute atomic E-state index is 0.0218. The van der Waals surface area contributed by atoms with Crippen molar-refractivity contribution in [2.45, 2.75) is 19.9 Å². The van der Waals surface area contributed by atoms with E-state index in [0.29, 0.717) is 31.2 Å². The molecule has 0 saturated carbocycles. The highest BCUT2D eigenvalue weighted by Gasteiger charge is 2.42. The fraction of sp³-hybridized carbons (Fsp3) is 0.423. The van der Waals surface area contributed by atoms with Crippen molar-refractivity contribution in [1.29, 1.82) is 0 Å². The van der Waals surface area contributed by atoms with Gasteiger partial charge in [0.2, 0.25) is 11.9 Å². The van der Waals surface area contributed by atoms with E-state index in [9.17, 15) is 14.7 Å². The molecule has 2 heterocycles. The molecule has 10 heteroatoms. The fourth-order valence-corrected chi connectivity index (χ4v) is 4.43. The van der Waals surface area contributed by atoms with Crippen molar-refractivity contribution in [2.75, 3.05) is 51.4 Å². The summed E-state index contributed by atoms with van der Waals surface area (Å²) in [4.78, 5) is 35.0. The zero-order valence-electron chi connectivity index (χ0n) is 20.8. The third-order valence-electron chi connectivity index (χ3n) is 6.26. The van der Waals surface area contributed by atoms with E-state index in [1.54, 1.807) is 26.2 Å². The molecule has 0 unspecified atom stereocenters. The number of amides is 1.